The van der Waals surface area contributed by atoms with E-state index in [1.54, 1.807) is 6.92 Å². The first-order valence-corrected chi connectivity index (χ1v) is 6.88. The van der Waals surface area contributed by atoms with Gasteiger partial charge in [-0.15, -0.1) is 0 Å². The predicted octanol–water partition coefficient (Wildman–Crippen LogP) is 1.36. The van der Waals surface area contributed by atoms with Crippen LogP contribution in [0.4, 0.5) is 4.79 Å². The third-order valence-electron chi connectivity index (χ3n) is 3.31. The molecule has 110 valence electrons. The van der Waals surface area contributed by atoms with E-state index in [0.29, 0.717) is 13.2 Å². The van der Waals surface area contributed by atoms with Crippen molar-refractivity contribution in [1.82, 2.24) is 10.6 Å². The standard InChI is InChI=1S/C13H24N2O4/c1-3-8-19-9-4-7-14-12(18)15-13(2,11(16)17)10-5-6-10/h10H,3-9H2,1-2H3,(H,16,17)(H2,14,15,18). The normalized spacial score (nSPS) is 17.6. The summed E-state index contributed by atoms with van der Waals surface area (Å²) in [4.78, 5) is 22.9. The number of ether oxygens (including phenoxy) is 1. The van der Waals surface area contributed by atoms with Gasteiger partial charge in [-0.3, -0.25) is 0 Å². The fourth-order valence-corrected chi connectivity index (χ4v) is 1.89. The molecule has 1 fully saturated rings. The molecular formula is C13H24N2O4. The van der Waals surface area contributed by atoms with Gasteiger partial charge in [0.25, 0.3) is 0 Å². The first-order valence-electron chi connectivity index (χ1n) is 6.88. The van der Waals surface area contributed by atoms with Crippen LogP contribution in [-0.2, 0) is 9.53 Å². The van der Waals surface area contributed by atoms with E-state index in [1.807, 2.05) is 6.92 Å². The highest BCUT2D eigenvalue weighted by Crippen LogP contribution is 2.39. The molecule has 2 amide bonds. The Kier molecular flexibility index (Phi) is 6.08. The van der Waals surface area contributed by atoms with E-state index in [4.69, 9.17) is 4.74 Å². The molecular weight excluding hydrogens is 248 g/mol. The fourth-order valence-electron chi connectivity index (χ4n) is 1.89. The summed E-state index contributed by atoms with van der Waals surface area (Å²) in [5.41, 5.74) is -1.15. The van der Waals surface area contributed by atoms with E-state index >= 15 is 0 Å². The number of rotatable bonds is 9. The van der Waals surface area contributed by atoms with Crippen molar-refractivity contribution in [2.75, 3.05) is 19.8 Å². The van der Waals surface area contributed by atoms with Gasteiger partial charge < -0.3 is 20.5 Å². The lowest BCUT2D eigenvalue weighted by atomic mass is 9.96. The summed E-state index contributed by atoms with van der Waals surface area (Å²) in [7, 11) is 0. The van der Waals surface area contributed by atoms with Crippen LogP contribution in [0.25, 0.3) is 0 Å². The lowest BCUT2D eigenvalue weighted by molar-refractivity contribution is -0.144. The van der Waals surface area contributed by atoms with Crippen LogP contribution in [-0.4, -0.2) is 42.4 Å². The molecule has 6 nitrogen and oxygen atoms in total. The number of nitrogens with one attached hydrogen (secondary N) is 2. The molecule has 1 saturated carbocycles. The Morgan fingerprint density at radius 2 is 2.05 bits per heavy atom. The molecule has 1 aliphatic rings. The number of urea groups is 1. The number of aliphatic carboxylic acids is 1. The Balaban J connectivity index is 2.20. The van der Waals surface area contributed by atoms with Gasteiger partial charge in [0.15, 0.2) is 0 Å². The quantitative estimate of drug-likeness (QED) is 0.553. The summed E-state index contributed by atoms with van der Waals surface area (Å²) in [6.07, 6.45) is 3.41. The number of hydrogen-bond acceptors (Lipinski definition) is 3. The van der Waals surface area contributed by atoms with Gasteiger partial charge in [-0.25, -0.2) is 9.59 Å². The maximum atomic E-state index is 11.7. The van der Waals surface area contributed by atoms with E-state index in [9.17, 15) is 14.7 Å². The topological polar surface area (TPSA) is 87.7 Å². The molecule has 19 heavy (non-hydrogen) atoms. The number of carbonyl (C=O) groups is 2. The van der Waals surface area contributed by atoms with Gasteiger partial charge in [-0.1, -0.05) is 6.92 Å². The van der Waals surface area contributed by atoms with Crippen LogP contribution in [0.3, 0.4) is 0 Å². The maximum absolute atomic E-state index is 11.7. The van der Waals surface area contributed by atoms with Crippen LogP contribution < -0.4 is 10.6 Å². The molecule has 1 aliphatic carbocycles. The van der Waals surface area contributed by atoms with Crippen LogP contribution in [0.2, 0.25) is 0 Å². The number of carbonyl (C=O) groups excluding carboxylic acids is 1. The van der Waals surface area contributed by atoms with Crippen LogP contribution in [0.5, 0.6) is 0 Å². The SMILES string of the molecule is CCCOCCCNC(=O)NC(C)(C(=O)O)C1CC1. The Morgan fingerprint density at radius 3 is 2.58 bits per heavy atom. The van der Waals surface area contributed by atoms with Crippen molar-refractivity contribution < 1.29 is 19.4 Å². The van der Waals surface area contributed by atoms with Gasteiger partial charge in [0.2, 0.25) is 0 Å². The Morgan fingerprint density at radius 1 is 1.37 bits per heavy atom. The molecule has 6 heteroatoms. The Hall–Kier alpha value is -1.30. The van der Waals surface area contributed by atoms with Crippen molar-refractivity contribution in [3.8, 4) is 0 Å². The predicted molar refractivity (Wildman–Crippen MR) is 71.0 cm³/mol. The van der Waals surface area contributed by atoms with E-state index in [-0.39, 0.29) is 5.92 Å². The molecule has 0 heterocycles. The molecule has 0 saturated heterocycles. The molecule has 0 aromatic rings. The van der Waals surface area contributed by atoms with E-state index in [2.05, 4.69) is 10.6 Å². The average Bonchev–Trinajstić information content (AvgIpc) is 3.17. The first-order chi connectivity index (χ1) is 9.00. The summed E-state index contributed by atoms with van der Waals surface area (Å²) < 4.78 is 5.29. The average molecular weight is 272 g/mol. The van der Waals surface area contributed by atoms with Gasteiger partial charge in [0.1, 0.15) is 5.54 Å². The number of amides is 2. The van der Waals surface area contributed by atoms with E-state index in [1.165, 1.54) is 0 Å². The summed E-state index contributed by atoms with van der Waals surface area (Å²) in [6, 6.07) is -0.424. The fraction of sp³-hybridized carbons (Fsp3) is 0.846. The molecule has 0 aromatic heterocycles. The van der Waals surface area contributed by atoms with Crippen molar-refractivity contribution >= 4 is 12.0 Å². The molecule has 0 spiro atoms. The van der Waals surface area contributed by atoms with Crippen molar-refractivity contribution in [2.45, 2.75) is 45.1 Å². The molecule has 0 bridgehead atoms. The summed E-state index contributed by atoms with van der Waals surface area (Å²) in [5.74, 6) is -0.930. The largest absolute Gasteiger partial charge is 0.480 e. The minimum absolute atomic E-state index is 0.0450. The smallest absolute Gasteiger partial charge is 0.329 e. The van der Waals surface area contributed by atoms with Gasteiger partial charge in [-0.2, -0.15) is 0 Å². The lowest BCUT2D eigenvalue weighted by Crippen LogP contribution is -2.56. The Bertz CT molecular complexity index is 318. The van der Waals surface area contributed by atoms with Gasteiger partial charge in [0, 0.05) is 19.8 Å². The number of carboxylic acid groups (broad SMARTS) is 1. The highest BCUT2D eigenvalue weighted by atomic mass is 16.5. The van der Waals surface area contributed by atoms with Gasteiger partial charge in [0.05, 0.1) is 0 Å². The van der Waals surface area contributed by atoms with E-state index in [0.717, 1.165) is 32.3 Å². The molecule has 0 aromatic carbocycles. The maximum Gasteiger partial charge on any atom is 0.329 e. The zero-order chi connectivity index (χ0) is 14.3. The van der Waals surface area contributed by atoms with Crippen LogP contribution in [0.15, 0.2) is 0 Å². The lowest BCUT2D eigenvalue weighted by Gasteiger charge is -2.26. The second kappa shape index (κ2) is 7.33. The summed E-state index contributed by atoms with van der Waals surface area (Å²) >= 11 is 0. The zero-order valence-corrected chi connectivity index (χ0v) is 11.7. The van der Waals surface area contributed by atoms with Crippen molar-refractivity contribution in [3.63, 3.8) is 0 Å². The van der Waals surface area contributed by atoms with Gasteiger partial charge in [-0.05, 0) is 38.5 Å². The van der Waals surface area contributed by atoms with Crippen molar-refractivity contribution in [3.05, 3.63) is 0 Å². The molecule has 1 unspecified atom stereocenters. The Labute approximate surface area is 113 Å². The molecule has 3 N–H and O–H groups in total. The van der Waals surface area contributed by atoms with Crippen molar-refractivity contribution in [1.29, 1.82) is 0 Å². The highest BCUT2D eigenvalue weighted by Gasteiger charge is 2.48. The monoisotopic (exact) mass is 272 g/mol. The van der Waals surface area contributed by atoms with Crippen molar-refractivity contribution in [2.24, 2.45) is 5.92 Å². The van der Waals surface area contributed by atoms with Gasteiger partial charge >= 0.3 is 12.0 Å². The molecule has 0 aliphatic heterocycles. The van der Waals surface area contributed by atoms with Crippen LogP contribution >= 0.6 is 0 Å². The third-order valence-corrected chi connectivity index (χ3v) is 3.31. The van der Waals surface area contributed by atoms with Crippen LogP contribution in [0, 0.1) is 5.92 Å². The number of hydrogen-bond donors (Lipinski definition) is 3. The summed E-state index contributed by atoms with van der Waals surface area (Å²) in [6.45, 7) is 5.42. The zero-order valence-electron chi connectivity index (χ0n) is 11.7. The molecule has 1 rings (SSSR count). The third kappa shape index (κ3) is 5.06. The minimum atomic E-state index is -1.15. The second-order valence-corrected chi connectivity index (χ2v) is 5.13. The number of carboxylic acids is 1. The van der Waals surface area contributed by atoms with E-state index < -0.39 is 17.5 Å². The summed E-state index contributed by atoms with van der Waals surface area (Å²) in [5, 5.41) is 14.4. The first kappa shape index (κ1) is 15.8. The second-order valence-electron chi connectivity index (χ2n) is 5.13. The molecule has 0 radical (unpaired) electrons. The molecule has 1 atom stereocenters. The van der Waals surface area contributed by atoms with Crippen LogP contribution in [0.1, 0.15) is 39.5 Å². The highest BCUT2D eigenvalue weighted by molar-refractivity contribution is 5.86. The minimum Gasteiger partial charge on any atom is -0.480 e.